The van der Waals surface area contributed by atoms with Crippen molar-refractivity contribution in [1.29, 1.82) is 0 Å². The molecule has 1 fully saturated rings. The Kier molecular flexibility index (Phi) is 4.75. The van der Waals surface area contributed by atoms with Gasteiger partial charge >= 0.3 is 0 Å². The predicted octanol–water partition coefficient (Wildman–Crippen LogP) is 3.12. The summed E-state index contributed by atoms with van der Waals surface area (Å²) in [7, 11) is -3.66. The summed E-state index contributed by atoms with van der Waals surface area (Å²) >= 11 is 0. The number of fused-ring (bicyclic) bond motifs is 1. The van der Waals surface area contributed by atoms with Gasteiger partial charge in [-0.1, -0.05) is 25.0 Å². The van der Waals surface area contributed by atoms with Crippen LogP contribution in [-0.2, 0) is 10.0 Å². The van der Waals surface area contributed by atoms with Crippen LogP contribution in [0.4, 0.5) is 0 Å². The van der Waals surface area contributed by atoms with Crippen LogP contribution in [0.1, 0.15) is 31.4 Å². The number of hydrogen-bond donors (Lipinski definition) is 3. The van der Waals surface area contributed by atoms with Gasteiger partial charge in [0.05, 0.1) is 11.0 Å². The number of aryl methyl sites for hydroxylation is 1. The summed E-state index contributed by atoms with van der Waals surface area (Å²) in [4.78, 5) is 7.75. The van der Waals surface area contributed by atoms with Gasteiger partial charge < -0.3 is 10.1 Å². The molecule has 0 unspecified atom stereocenters. The van der Waals surface area contributed by atoms with Crippen LogP contribution in [-0.4, -0.2) is 35.6 Å². The minimum Gasteiger partial charge on any atom is -0.391 e. The number of nitrogens with zero attached hydrogens (tertiary/aromatic N) is 1. The van der Waals surface area contributed by atoms with Crippen molar-refractivity contribution in [2.75, 3.05) is 0 Å². The Balaban J connectivity index is 1.61. The first-order chi connectivity index (χ1) is 12.9. The van der Waals surface area contributed by atoms with E-state index in [0.29, 0.717) is 12.8 Å². The normalized spacial score (nSPS) is 20.8. The Morgan fingerprint density at radius 3 is 2.63 bits per heavy atom. The molecule has 2 heterocycles. The fourth-order valence-corrected chi connectivity index (χ4v) is 5.04. The van der Waals surface area contributed by atoms with Gasteiger partial charge in [0.1, 0.15) is 5.65 Å². The number of aliphatic hydroxyl groups excluding tert-OH is 1. The van der Waals surface area contributed by atoms with Gasteiger partial charge in [-0.05, 0) is 55.2 Å². The molecule has 1 aromatic carbocycles. The first kappa shape index (κ1) is 18.2. The van der Waals surface area contributed by atoms with Crippen LogP contribution in [0.5, 0.6) is 0 Å². The Morgan fingerprint density at radius 1 is 1.15 bits per heavy atom. The summed E-state index contributed by atoms with van der Waals surface area (Å²) in [5.41, 5.74) is 3.77. The average molecular weight is 385 g/mol. The van der Waals surface area contributed by atoms with E-state index in [1.165, 1.54) is 0 Å². The number of sulfonamides is 1. The van der Waals surface area contributed by atoms with Gasteiger partial charge in [0.2, 0.25) is 10.0 Å². The third kappa shape index (κ3) is 3.63. The highest BCUT2D eigenvalue weighted by atomic mass is 32.2. The molecule has 27 heavy (non-hydrogen) atoms. The van der Waals surface area contributed by atoms with Crippen molar-refractivity contribution in [1.82, 2.24) is 14.7 Å². The molecule has 7 heteroatoms. The fourth-order valence-electron chi connectivity index (χ4n) is 3.74. The molecule has 2 atom stereocenters. The first-order valence-electron chi connectivity index (χ1n) is 9.19. The topological polar surface area (TPSA) is 95.1 Å². The second-order valence-electron chi connectivity index (χ2n) is 7.18. The summed E-state index contributed by atoms with van der Waals surface area (Å²) in [6, 6.07) is 10.4. The average Bonchev–Trinajstić information content (AvgIpc) is 3.04. The molecule has 142 valence electrons. The maximum absolute atomic E-state index is 12.7. The maximum atomic E-state index is 12.7. The van der Waals surface area contributed by atoms with Crippen molar-refractivity contribution in [3.05, 3.63) is 48.3 Å². The molecule has 0 bridgehead atoms. The molecular weight excluding hydrogens is 362 g/mol. The fraction of sp³-hybridized carbons (Fsp3) is 0.350. The lowest BCUT2D eigenvalue weighted by Gasteiger charge is -2.28. The summed E-state index contributed by atoms with van der Waals surface area (Å²) in [6.07, 6.45) is 4.30. The van der Waals surface area contributed by atoms with E-state index in [4.69, 9.17) is 0 Å². The number of aliphatic hydroxyl groups is 1. The van der Waals surface area contributed by atoms with E-state index in [9.17, 15) is 13.5 Å². The van der Waals surface area contributed by atoms with Crippen molar-refractivity contribution in [2.45, 2.75) is 49.6 Å². The molecule has 0 amide bonds. The van der Waals surface area contributed by atoms with E-state index in [-0.39, 0.29) is 4.90 Å². The predicted molar refractivity (Wildman–Crippen MR) is 105 cm³/mol. The number of H-pyrrole nitrogens is 1. The lowest BCUT2D eigenvalue weighted by Crippen LogP contribution is -2.44. The van der Waals surface area contributed by atoms with E-state index in [1.54, 1.807) is 18.3 Å². The number of aromatic nitrogens is 2. The van der Waals surface area contributed by atoms with Crippen molar-refractivity contribution in [2.24, 2.45) is 0 Å². The molecule has 1 saturated carbocycles. The first-order valence-corrected chi connectivity index (χ1v) is 10.7. The third-order valence-electron chi connectivity index (χ3n) is 5.18. The quantitative estimate of drug-likeness (QED) is 0.643. The van der Waals surface area contributed by atoms with Crippen molar-refractivity contribution >= 4 is 21.1 Å². The highest BCUT2D eigenvalue weighted by Gasteiger charge is 2.28. The van der Waals surface area contributed by atoms with Crippen molar-refractivity contribution in [3.8, 4) is 11.1 Å². The third-order valence-corrected chi connectivity index (χ3v) is 6.68. The van der Waals surface area contributed by atoms with Crippen LogP contribution in [0.2, 0.25) is 0 Å². The summed E-state index contributed by atoms with van der Waals surface area (Å²) in [5.74, 6) is 0. The molecule has 1 aliphatic carbocycles. The monoisotopic (exact) mass is 385 g/mol. The summed E-state index contributed by atoms with van der Waals surface area (Å²) in [5, 5.41) is 11.0. The number of benzene rings is 1. The summed E-state index contributed by atoms with van der Waals surface area (Å²) in [6.45, 7) is 1.98. The molecule has 0 radical (unpaired) electrons. The zero-order valence-electron chi connectivity index (χ0n) is 15.1. The highest BCUT2D eigenvalue weighted by Crippen LogP contribution is 2.29. The standard InChI is InChI=1S/C20H23N3O3S/c1-13-12-17-16(10-11-21-20(17)22-13)14-6-8-15(9-7-14)27(25,26)23-18-4-2-3-5-19(18)24/h6-12,18-19,23-24H,2-5H2,1H3,(H,21,22)/t18-,19-/m0/s1. The molecule has 4 rings (SSSR count). The molecule has 3 N–H and O–H groups in total. The van der Waals surface area contributed by atoms with E-state index in [1.807, 2.05) is 31.2 Å². The SMILES string of the molecule is Cc1cc2c(-c3ccc(S(=O)(=O)N[C@H]4CCCC[C@@H]4O)cc3)ccnc2[nH]1. The Labute approximate surface area is 158 Å². The number of aromatic amines is 1. The molecule has 0 aliphatic heterocycles. The van der Waals surface area contributed by atoms with Crippen LogP contribution in [0.15, 0.2) is 47.5 Å². The van der Waals surface area contributed by atoms with Crippen molar-refractivity contribution < 1.29 is 13.5 Å². The minimum atomic E-state index is -3.66. The van der Waals surface area contributed by atoms with Gasteiger partial charge in [-0.3, -0.25) is 0 Å². The van der Waals surface area contributed by atoms with E-state index in [0.717, 1.165) is 40.7 Å². The van der Waals surface area contributed by atoms with Crippen LogP contribution in [0.3, 0.4) is 0 Å². The highest BCUT2D eigenvalue weighted by molar-refractivity contribution is 7.89. The zero-order chi connectivity index (χ0) is 19.0. The number of pyridine rings is 1. The van der Waals surface area contributed by atoms with Crippen LogP contribution in [0.25, 0.3) is 22.2 Å². The van der Waals surface area contributed by atoms with E-state index < -0.39 is 22.2 Å². The molecule has 2 aromatic heterocycles. The van der Waals surface area contributed by atoms with Gasteiger partial charge in [0.15, 0.2) is 0 Å². The van der Waals surface area contributed by atoms with Gasteiger partial charge in [0, 0.05) is 23.3 Å². The Bertz CT molecular complexity index is 1060. The largest absolute Gasteiger partial charge is 0.391 e. The van der Waals surface area contributed by atoms with Gasteiger partial charge in [-0.2, -0.15) is 0 Å². The number of hydrogen-bond acceptors (Lipinski definition) is 4. The molecule has 0 saturated heterocycles. The molecule has 0 spiro atoms. The van der Waals surface area contributed by atoms with Gasteiger partial charge in [0.25, 0.3) is 0 Å². The minimum absolute atomic E-state index is 0.208. The second kappa shape index (κ2) is 7.07. The number of nitrogens with one attached hydrogen (secondary N) is 2. The lowest BCUT2D eigenvalue weighted by molar-refractivity contribution is 0.101. The Hall–Kier alpha value is -2.22. The van der Waals surface area contributed by atoms with Crippen LogP contribution in [0, 0.1) is 6.92 Å². The van der Waals surface area contributed by atoms with Crippen LogP contribution >= 0.6 is 0 Å². The van der Waals surface area contributed by atoms with Gasteiger partial charge in [-0.25, -0.2) is 18.1 Å². The van der Waals surface area contributed by atoms with Crippen LogP contribution < -0.4 is 4.72 Å². The molecular formula is C20H23N3O3S. The van der Waals surface area contributed by atoms with Crippen molar-refractivity contribution in [3.63, 3.8) is 0 Å². The molecule has 6 nitrogen and oxygen atoms in total. The molecule has 1 aliphatic rings. The second-order valence-corrected chi connectivity index (χ2v) is 8.89. The lowest BCUT2D eigenvalue weighted by atomic mass is 9.93. The number of rotatable bonds is 4. The van der Waals surface area contributed by atoms with Gasteiger partial charge in [-0.15, -0.1) is 0 Å². The maximum Gasteiger partial charge on any atom is 0.240 e. The summed E-state index contributed by atoms with van der Waals surface area (Å²) < 4.78 is 28.0. The van der Waals surface area contributed by atoms with E-state index >= 15 is 0 Å². The smallest absolute Gasteiger partial charge is 0.240 e. The Morgan fingerprint density at radius 2 is 1.89 bits per heavy atom. The molecule has 3 aromatic rings. The van der Waals surface area contributed by atoms with E-state index in [2.05, 4.69) is 14.7 Å². The zero-order valence-corrected chi connectivity index (χ0v) is 16.0.